The molecule has 1 aromatic rings. The van der Waals surface area contributed by atoms with Crippen LogP contribution in [0.3, 0.4) is 0 Å². The molecule has 126 valence electrons. The smallest absolute Gasteiger partial charge is 0.242 e. The van der Waals surface area contributed by atoms with Crippen molar-refractivity contribution in [3.63, 3.8) is 0 Å². The van der Waals surface area contributed by atoms with Crippen LogP contribution in [0.5, 0.6) is 5.75 Å². The Balaban J connectivity index is 2.05. The summed E-state index contributed by atoms with van der Waals surface area (Å²) in [4.78, 5) is 27.5. The summed E-state index contributed by atoms with van der Waals surface area (Å²) in [5.41, 5.74) is 0.690. The summed E-state index contributed by atoms with van der Waals surface area (Å²) in [5, 5.41) is 0. The third-order valence-electron chi connectivity index (χ3n) is 3.56. The zero-order valence-corrected chi connectivity index (χ0v) is 13.9. The van der Waals surface area contributed by atoms with Crippen molar-refractivity contribution >= 4 is 17.5 Å². The highest BCUT2D eigenvalue weighted by atomic mass is 16.5. The maximum absolute atomic E-state index is 12.4. The van der Waals surface area contributed by atoms with E-state index < -0.39 is 0 Å². The standard InChI is InChI=1S/C17H24N2O4/c1-13(2)23-16-6-4-15(5-7-16)19(14(3)20)12-17(21)18-8-10-22-11-9-18/h4-7,13H,8-12H2,1-3H3. The molecule has 0 spiro atoms. The molecule has 0 unspecified atom stereocenters. The first-order valence-electron chi connectivity index (χ1n) is 7.87. The Kier molecular flexibility index (Phi) is 5.98. The van der Waals surface area contributed by atoms with Crippen LogP contribution >= 0.6 is 0 Å². The van der Waals surface area contributed by atoms with E-state index in [4.69, 9.17) is 9.47 Å². The molecule has 0 atom stereocenters. The molecule has 1 heterocycles. The number of hydrogen-bond acceptors (Lipinski definition) is 4. The minimum Gasteiger partial charge on any atom is -0.491 e. The number of morpholine rings is 1. The number of ether oxygens (including phenoxy) is 2. The second kappa shape index (κ2) is 7.97. The third kappa shape index (κ3) is 4.96. The SMILES string of the molecule is CC(=O)N(CC(=O)N1CCOCC1)c1ccc(OC(C)C)cc1. The molecule has 6 nitrogen and oxygen atoms in total. The molecule has 1 fully saturated rings. The maximum Gasteiger partial charge on any atom is 0.242 e. The summed E-state index contributed by atoms with van der Waals surface area (Å²) in [5.74, 6) is 0.516. The monoisotopic (exact) mass is 320 g/mol. The van der Waals surface area contributed by atoms with E-state index in [0.717, 1.165) is 5.75 Å². The fourth-order valence-corrected chi connectivity index (χ4v) is 2.41. The lowest BCUT2D eigenvalue weighted by Gasteiger charge is -2.29. The molecule has 0 N–H and O–H groups in total. The third-order valence-corrected chi connectivity index (χ3v) is 3.56. The van der Waals surface area contributed by atoms with Crippen LogP contribution in [0.2, 0.25) is 0 Å². The van der Waals surface area contributed by atoms with Gasteiger partial charge in [-0.2, -0.15) is 0 Å². The molecule has 6 heteroatoms. The lowest BCUT2D eigenvalue weighted by atomic mass is 10.2. The van der Waals surface area contributed by atoms with Crippen molar-refractivity contribution in [2.24, 2.45) is 0 Å². The van der Waals surface area contributed by atoms with Gasteiger partial charge in [0.2, 0.25) is 11.8 Å². The number of carbonyl (C=O) groups is 2. The maximum atomic E-state index is 12.4. The Morgan fingerprint density at radius 1 is 1.22 bits per heavy atom. The van der Waals surface area contributed by atoms with Gasteiger partial charge in [-0.05, 0) is 38.1 Å². The van der Waals surface area contributed by atoms with E-state index in [1.165, 1.54) is 11.8 Å². The second-order valence-electron chi connectivity index (χ2n) is 5.76. The molecule has 0 bridgehead atoms. The first-order chi connectivity index (χ1) is 11.0. The highest BCUT2D eigenvalue weighted by Gasteiger charge is 2.22. The molecule has 1 saturated heterocycles. The van der Waals surface area contributed by atoms with E-state index in [0.29, 0.717) is 32.0 Å². The Hall–Kier alpha value is -2.08. The summed E-state index contributed by atoms with van der Waals surface area (Å²) in [6.45, 7) is 7.66. The molecule has 2 amide bonds. The van der Waals surface area contributed by atoms with Crippen molar-refractivity contribution in [3.05, 3.63) is 24.3 Å². The van der Waals surface area contributed by atoms with Gasteiger partial charge in [-0.15, -0.1) is 0 Å². The van der Waals surface area contributed by atoms with E-state index in [1.54, 1.807) is 17.0 Å². The van der Waals surface area contributed by atoms with Crippen molar-refractivity contribution in [2.45, 2.75) is 26.9 Å². The van der Waals surface area contributed by atoms with Crippen LogP contribution in [0.4, 0.5) is 5.69 Å². The Labute approximate surface area is 137 Å². The molecular weight excluding hydrogens is 296 g/mol. The van der Waals surface area contributed by atoms with Crippen LogP contribution in [-0.4, -0.2) is 55.7 Å². The van der Waals surface area contributed by atoms with Gasteiger partial charge in [0, 0.05) is 25.7 Å². The number of carbonyl (C=O) groups excluding carboxylic acids is 2. The van der Waals surface area contributed by atoms with Gasteiger partial charge in [-0.1, -0.05) is 0 Å². The van der Waals surface area contributed by atoms with Crippen LogP contribution in [0.15, 0.2) is 24.3 Å². The predicted molar refractivity (Wildman–Crippen MR) is 87.6 cm³/mol. The molecule has 0 aromatic heterocycles. The summed E-state index contributed by atoms with van der Waals surface area (Å²) in [6, 6.07) is 7.21. The Bertz CT molecular complexity index is 536. The molecule has 1 aliphatic rings. The summed E-state index contributed by atoms with van der Waals surface area (Å²) >= 11 is 0. The number of nitrogens with zero attached hydrogens (tertiary/aromatic N) is 2. The van der Waals surface area contributed by atoms with Gasteiger partial charge in [-0.3, -0.25) is 9.59 Å². The molecule has 23 heavy (non-hydrogen) atoms. The van der Waals surface area contributed by atoms with Gasteiger partial charge in [0.15, 0.2) is 0 Å². The van der Waals surface area contributed by atoms with Crippen molar-refractivity contribution in [2.75, 3.05) is 37.7 Å². The van der Waals surface area contributed by atoms with Gasteiger partial charge in [-0.25, -0.2) is 0 Å². The molecular formula is C17H24N2O4. The fraction of sp³-hybridized carbons (Fsp3) is 0.529. The average molecular weight is 320 g/mol. The van der Waals surface area contributed by atoms with Gasteiger partial charge < -0.3 is 19.3 Å². The minimum atomic E-state index is -0.163. The quantitative estimate of drug-likeness (QED) is 0.828. The van der Waals surface area contributed by atoms with Crippen LogP contribution < -0.4 is 9.64 Å². The summed E-state index contributed by atoms with van der Waals surface area (Å²) in [7, 11) is 0. The zero-order chi connectivity index (χ0) is 16.8. The van der Waals surface area contributed by atoms with Crippen LogP contribution in [0, 0.1) is 0 Å². The first-order valence-corrected chi connectivity index (χ1v) is 7.87. The number of rotatable bonds is 5. The summed E-state index contributed by atoms with van der Waals surface area (Å²) in [6.07, 6.45) is 0.0904. The molecule has 0 radical (unpaired) electrons. The normalized spacial score (nSPS) is 14.7. The van der Waals surface area contributed by atoms with Gasteiger partial charge >= 0.3 is 0 Å². The molecule has 0 saturated carbocycles. The van der Waals surface area contributed by atoms with Crippen LogP contribution in [0.1, 0.15) is 20.8 Å². The van der Waals surface area contributed by atoms with Crippen LogP contribution in [0.25, 0.3) is 0 Å². The van der Waals surface area contributed by atoms with Crippen molar-refractivity contribution in [1.82, 2.24) is 4.90 Å². The summed E-state index contributed by atoms with van der Waals surface area (Å²) < 4.78 is 10.8. The minimum absolute atomic E-state index is 0.0414. The van der Waals surface area contributed by atoms with Crippen molar-refractivity contribution in [3.8, 4) is 5.75 Å². The number of benzene rings is 1. The highest BCUT2D eigenvalue weighted by molar-refractivity contribution is 5.97. The van der Waals surface area contributed by atoms with E-state index in [2.05, 4.69) is 0 Å². The topological polar surface area (TPSA) is 59.1 Å². The highest BCUT2D eigenvalue weighted by Crippen LogP contribution is 2.20. The number of hydrogen-bond donors (Lipinski definition) is 0. The first kappa shape index (κ1) is 17.3. The van der Waals surface area contributed by atoms with E-state index in [-0.39, 0.29) is 24.5 Å². The molecule has 1 aliphatic heterocycles. The van der Waals surface area contributed by atoms with Crippen LogP contribution in [-0.2, 0) is 14.3 Å². The lowest BCUT2D eigenvalue weighted by Crippen LogP contribution is -2.46. The number of anilines is 1. The van der Waals surface area contributed by atoms with Gasteiger partial charge in [0.1, 0.15) is 12.3 Å². The van der Waals surface area contributed by atoms with E-state index in [9.17, 15) is 9.59 Å². The predicted octanol–water partition coefficient (Wildman–Crippen LogP) is 1.69. The largest absolute Gasteiger partial charge is 0.491 e. The lowest BCUT2D eigenvalue weighted by molar-refractivity contribution is -0.134. The van der Waals surface area contributed by atoms with Crippen molar-refractivity contribution in [1.29, 1.82) is 0 Å². The Morgan fingerprint density at radius 2 is 1.83 bits per heavy atom. The molecule has 0 aliphatic carbocycles. The Morgan fingerprint density at radius 3 is 2.35 bits per heavy atom. The van der Waals surface area contributed by atoms with Gasteiger partial charge in [0.25, 0.3) is 0 Å². The fourth-order valence-electron chi connectivity index (χ4n) is 2.41. The van der Waals surface area contributed by atoms with E-state index >= 15 is 0 Å². The molecule has 2 rings (SSSR count). The van der Waals surface area contributed by atoms with Crippen molar-refractivity contribution < 1.29 is 19.1 Å². The number of amides is 2. The van der Waals surface area contributed by atoms with Gasteiger partial charge in [0.05, 0.1) is 19.3 Å². The zero-order valence-electron chi connectivity index (χ0n) is 13.9. The van der Waals surface area contributed by atoms with E-state index in [1.807, 2.05) is 26.0 Å². The average Bonchev–Trinajstić information content (AvgIpc) is 2.53. The second-order valence-corrected chi connectivity index (χ2v) is 5.76. The molecule has 1 aromatic carbocycles.